The molecule has 0 bridgehead atoms. The molecule has 0 unspecified atom stereocenters. The molecule has 4 aromatic rings. The van der Waals surface area contributed by atoms with Crippen LogP contribution in [0.2, 0.25) is 0 Å². The second kappa shape index (κ2) is 5.99. The van der Waals surface area contributed by atoms with Crippen LogP contribution in [0.15, 0.2) is 36.4 Å². The van der Waals surface area contributed by atoms with Gasteiger partial charge in [0.15, 0.2) is 11.6 Å². The van der Waals surface area contributed by atoms with Crippen LogP contribution in [0.4, 0.5) is 0 Å². The summed E-state index contributed by atoms with van der Waals surface area (Å²) in [5.41, 5.74) is 3.65. The van der Waals surface area contributed by atoms with Gasteiger partial charge in [-0.15, -0.1) is 0 Å². The van der Waals surface area contributed by atoms with Gasteiger partial charge >= 0.3 is 11.9 Å². The molecule has 0 aliphatic carbocycles. The van der Waals surface area contributed by atoms with E-state index in [1.165, 1.54) is 14.2 Å². The van der Waals surface area contributed by atoms with Crippen LogP contribution in [0.1, 0.15) is 20.7 Å². The maximum atomic E-state index is 11.7. The number of benzene rings is 2. The Bertz CT molecular complexity index is 1070. The Labute approximate surface area is 147 Å². The molecule has 8 heteroatoms. The molecule has 0 atom stereocenters. The molecule has 0 saturated heterocycles. The molecule has 130 valence electrons. The zero-order valence-electron chi connectivity index (χ0n) is 14.0. The molecule has 0 saturated carbocycles. The number of fused-ring (bicyclic) bond motifs is 2. The lowest BCUT2D eigenvalue weighted by Gasteiger charge is -1.97. The number of imidazole rings is 2. The van der Waals surface area contributed by atoms with E-state index in [4.69, 9.17) is 9.47 Å². The summed E-state index contributed by atoms with van der Waals surface area (Å²) in [5.74, 6) is 0.222. The average molecular weight is 350 g/mol. The highest BCUT2D eigenvalue weighted by molar-refractivity contribution is 5.95. The van der Waals surface area contributed by atoms with Gasteiger partial charge in [-0.2, -0.15) is 0 Å². The quantitative estimate of drug-likeness (QED) is 0.550. The molecule has 4 rings (SSSR count). The smallest absolute Gasteiger partial charge is 0.337 e. The van der Waals surface area contributed by atoms with E-state index in [-0.39, 0.29) is 0 Å². The molecule has 2 heterocycles. The van der Waals surface area contributed by atoms with Crippen LogP contribution in [0, 0.1) is 0 Å². The number of H-pyrrole nitrogens is 2. The normalized spacial score (nSPS) is 11.0. The lowest BCUT2D eigenvalue weighted by Crippen LogP contribution is -2.00. The molecule has 0 spiro atoms. The topological polar surface area (TPSA) is 110 Å². The number of carbonyl (C=O) groups is 2. The van der Waals surface area contributed by atoms with Crippen molar-refractivity contribution in [2.45, 2.75) is 0 Å². The van der Waals surface area contributed by atoms with Crippen molar-refractivity contribution in [1.82, 2.24) is 19.9 Å². The van der Waals surface area contributed by atoms with Crippen molar-refractivity contribution in [3.05, 3.63) is 47.5 Å². The molecule has 0 radical (unpaired) electrons. The lowest BCUT2D eigenvalue weighted by molar-refractivity contribution is 0.0592. The van der Waals surface area contributed by atoms with Crippen LogP contribution in [0.5, 0.6) is 0 Å². The van der Waals surface area contributed by atoms with E-state index in [0.717, 1.165) is 0 Å². The average Bonchev–Trinajstić information content (AvgIpc) is 3.28. The molecule has 2 aromatic heterocycles. The van der Waals surface area contributed by atoms with Crippen LogP contribution in [0.3, 0.4) is 0 Å². The Morgan fingerprint density at radius 2 is 1.19 bits per heavy atom. The minimum absolute atomic E-state index is 0.415. The summed E-state index contributed by atoms with van der Waals surface area (Å²) in [6.45, 7) is 0. The highest BCUT2D eigenvalue weighted by Gasteiger charge is 2.14. The highest BCUT2D eigenvalue weighted by Crippen LogP contribution is 2.23. The molecule has 8 nitrogen and oxygen atoms in total. The summed E-state index contributed by atoms with van der Waals surface area (Å²) in [5, 5.41) is 0. The number of aromatic nitrogens is 4. The van der Waals surface area contributed by atoms with E-state index in [1.54, 1.807) is 36.4 Å². The summed E-state index contributed by atoms with van der Waals surface area (Å²) in [7, 11) is 2.67. The summed E-state index contributed by atoms with van der Waals surface area (Å²) in [6, 6.07) is 10.1. The molecule has 0 fully saturated rings. The number of carbonyl (C=O) groups excluding carboxylic acids is 2. The maximum absolute atomic E-state index is 11.7. The number of esters is 2. The Morgan fingerprint density at radius 1 is 0.769 bits per heavy atom. The lowest BCUT2D eigenvalue weighted by atomic mass is 10.2. The predicted octanol–water partition coefficient (Wildman–Crippen LogP) is 2.68. The maximum Gasteiger partial charge on any atom is 0.337 e. The summed E-state index contributed by atoms with van der Waals surface area (Å²) in [4.78, 5) is 38.5. The van der Waals surface area contributed by atoms with E-state index in [2.05, 4.69) is 19.9 Å². The van der Waals surface area contributed by atoms with Gasteiger partial charge in [-0.1, -0.05) is 0 Å². The zero-order chi connectivity index (χ0) is 18.3. The van der Waals surface area contributed by atoms with E-state index >= 15 is 0 Å². The van der Waals surface area contributed by atoms with Gasteiger partial charge < -0.3 is 19.4 Å². The Balaban J connectivity index is 1.76. The first kappa shape index (κ1) is 15.8. The van der Waals surface area contributed by atoms with Gasteiger partial charge in [0.05, 0.1) is 47.4 Å². The van der Waals surface area contributed by atoms with Gasteiger partial charge in [0, 0.05) is 0 Å². The van der Waals surface area contributed by atoms with Crippen molar-refractivity contribution in [1.29, 1.82) is 0 Å². The largest absolute Gasteiger partial charge is 0.465 e. The second-order valence-corrected chi connectivity index (χ2v) is 5.62. The number of aromatic amines is 2. The predicted molar refractivity (Wildman–Crippen MR) is 93.9 cm³/mol. The number of ether oxygens (including phenoxy) is 2. The molecular weight excluding hydrogens is 336 g/mol. The first-order valence-electron chi connectivity index (χ1n) is 7.75. The molecule has 0 aliphatic heterocycles. The molecule has 2 N–H and O–H groups in total. The van der Waals surface area contributed by atoms with Gasteiger partial charge in [-0.25, -0.2) is 19.6 Å². The first-order chi connectivity index (χ1) is 12.6. The third-order valence-electron chi connectivity index (χ3n) is 4.03. The number of hydrogen-bond acceptors (Lipinski definition) is 6. The standard InChI is InChI=1S/C18H14N4O4/c1-25-17(23)9-3-5-11-13(7-9)21-15(19-11)16-20-12-6-4-10(18(24)26-2)8-14(12)22-16/h3-8H,1-2H3,(H,19,21)(H,20,22). The molecular formula is C18H14N4O4. The van der Waals surface area contributed by atoms with Gasteiger partial charge in [-0.05, 0) is 36.4 Å². The van der Waals surface area contributed by atoms with Crippen LogP contribution in [-0.4, -0.2) is 46.1 Å². The van der Waals surface area contributed by atoms with Gasteiger partial charge in [0.1, 0.15) is 0 Å². The van der Waals surface area contributed by atoms with Gasteiger partial charge in [-0.3, -0.25) is 0 Å². The monoisotopic (exact) mass is 350 g/mol. The highest BCUT2D eigenvalue weighted by atomic mass is 16.5. The van der Waals surface area contributed by atoms with Crippen LogP contribution < -0.4 is 0 Å². The van der Waals surface area contributed by atoms with Crippen LogP contribution in [-0.2, 0) is 9.47 Å². The molecule has 26 heavy (non-hydrogen) atoms. The Kier molecular flexibility index (Phi) is 3.65. The fourth-order valence-electron chi connectivity index (χ4n) is 2.73. The number of nitrogens with one attached hydrogen (secondary N) is 2. The van der Waals surface area contributed by atoms with Crippen molar-refractivity contribution in [2.24, 2.45) is 0 Å². The number of rotatable bonds is 3. The molecule has 2 aromatic carbocycles. The third-order valence-corrected chi connectivity index (χ3v) is 4.03. The zero-order valence-corrected chi connectivity index (χ0v) is 14.0. The molecule has 0 aliphatic rings. The Morgan fingerprint density at radius 3 is 1.58 bits per heavy atom. The molecule has 0 amide bonds. The minimum atomic E-state index is -0.415. The fraction of sp³-hybridized carbons (Fsp3) is 0.111. The van der Waals surface area contributed by atoms with E-state index in [9.17, 15) is 9.59 Å². The third kappa shape index (κ3) is 2.57. The van der Waals surface area contributed by atoms with Crippen molar-refractivity contribution >= 4 is 34.0 Å². The SMILES string of the molecule is COC(=O)c1ccc2nc(-c3nc4ccc(C(=O)OC)cc4[nH]3)[nH]c2c1. The number of hydrogen-bond donors (Lipinski definition) is 2. The van der Waals surface area contributed by atoms with E-state index in [1.807, 2.05) is 0 Å². The summed E-state index contributed by atoms with van der Waals surface area (Å²) >= 11 is 0. The summed E-state index contributed by atoms with van der Waals surface area (Å²) in [6.07, 6.45) is 0. The first-order valence-corrected chi connectivity index (χ1v) is 7.75. The number of methoxy groups -OCH3 is 2. The van der Waals surface area contributed by atoms with Gasteiger partial charge in [0.2, 0.25) is 0 Å². The van der Waals surface area contributed by atoms with Crippen LogP contribution >= 0.6 is 0 Å². The second-order valence-electron chi connectivity index (χ2n) is 5.62. The van der Waals surface area contributed by atoms with Crippen molar-refractivity contribution < 1.29 is 19.1 Å². The van der Waals surface area contributed by atoms with E-state index in [0.29, 0.717) is 44.8 Å². The van der Waals surface area contributed by atoms with Crippen molar-refractivity contribution in [2.75, 3.05) is 14.2 Å². The number of nitrogens with zero attached hydrogens (tertiary/aromatic N) is 2. The van der Waals surface area contributed by atoms with Gasteiger partial charge in [0.25, 0.3) is 0 Å². The van der Waals surface area contributed by atoms with Crippen molar-refractivity contribution in [3.63, 3.8) is 0 Å². The van der Waals surface area contributed by atoms with E-state index < -0.39 is 11.9 Å². The fourth-order valence-corrected chi connectivity index (χ4v) is 2.73. The minimum Gasteiger partial charge on any atom is -0.465 e. The summed E-state index contributed by atoms with van der Waals surface area (Å²) < 4.78 is 9.45. The Hall–Kier alpha value is -3.68. The van der Waals surface area contributed by atoms with Crippen molar-refractivity contribution in [3.8, 4) is 11.6 Å². The van der Waals surface area contributed by atoms with Crippen LogP contribution in [0.25, 0.3) is 33.7 Å².